The van der Waals surface area contributed by atoms with Gasteiger partial charge < -0.3 is 33.8 Å². The van der Waals surface area contributed by atoms with Gasteiger partial charge in [0.2, 0.25) is 0 Å². The molecule has 0 radical (unpaired) electrons. The zero-order chi connectivity index (χ0) is 74.6. The van der Waals surface area contributed by atoms with Gasteiger partial charge in [-0.1, -0.05) is 370 Å². The van der Waals surface area contributed by atoms with Crippen LogP contribution in [-0.4, -0.2) is 96.7 Å². The molecule has 0 aliphatic heterocycles. The summed E-state index contributed by atoms with van der Waals surface area (Å²) in [6.45, 7) is 14.3. The third-order valence-corrected chi connectivity index (χ3v) is 21.3. The number of carbonyl (C=O) groups is 4. The molecule has 0 aromatic heterocycles. The van der Waals surface area contributed by atoms with Crippen LogP contribution >= 0.6 is 15.6 Å². The van der Waals surface area contributed by atoms with E-state index >= 15 is 0 Å². The number of unbranched alkanes of at least 4 members (excludes halogenated alkanes) is 44. The first-order valence-corrected chi connectivity index (χ1v) is 45.2. The summed E-state index contributed by atoms with van der Waals surface area (Å²) in [6.07, 6.45) is 58.2. The van der Waals surface area contributed by atoms with E-state index in [-0.39, 0.29) is 25.7 Å². The van der Waals surface area contributed by atoms with E-state index in [0.29, 0.717) is 25.7 Å². The van der Waals surface area contributed by atoms with Crippen LogP contribution in [0.1, 0.15) is 421 Å². The topological polar surface area (TPSA) is 237 Å². The van der Waals surface area contributed by atoms with Gasteiger partial charge in [-0.3, -0.25) is 37.3 Å². The quantitative estimate of drug-likeness (QED) is 0.0222. The molecule has 3 unspecified atom stereocenters. The zero-order valence-electron chi connectivity index (χ0n) is 66.5. The number of carbonyl (C=O) groups excluding carboxylic acids is 4. The molecule has 17 nitrogen and oxygen atoms in total. The second kappa shape index (κ2) is 71.0. The molecule has 0 saturated heterocycles. The molecule has 101 heavy (non-hydrogen) atoms. The van der Waals surface area contributed by atoms with Crippen LogP contribution in [-0.2, 0) is 65.4 Å². The molecule has 0 heterocycles. The van der Waals surface area contributed by atoms with Crippen LogP contribution in [0.15, 0.2) is 0 Å². The van der Waals surface area contributed by atoms with E-state index in [1.54, 1.807) is 0 Å². The third kappa shape index (κ3) is 74.7. The van der Waals surface area contributed by atoms with Crippen LogP contribution < -0.4 is 0 Å². The predicted molar refractivity (Wildman–Crippen MR) is 414 cm³/mol. The lowest BCUT2D eigenvalue weighted by atomic mass is 9.99. The van der Waals surface area contributed by atoms with Crippen LogP contribution in [0.4, 0.5) is 0 Å². The minimum Gasteiger partial charge on any atom is -0.462 e. The van der Waals surface area contributed by atoms with E-state index in [1.807, 2.05) is 0 Å². The highest BCUT2D eigenvalue weighted by atomic mass is 31.2. The van der Waals surface area contributed by atoms with Crippen LogP contribution in [0, 0.1) is 23.7 Å². The first-order chi connectivity index (χ1) is 48.6. The minimum atomic E-state index is -4.96. The molecular formula is C82H160O17P2. The van der Waals surface area contributed by atoms with E-state index in [1.165, 1.54) is 225 Å². The molecule has 0 amide bonds. The van der Waals surface area contributed by atoms with Crippen molar-refractivity contribution in [3.63, 3.8) is 0 Å². The Morgan fingerprint density at radius 1 is 0.277 bits per heavy atom. The predicted octanol–water partition coefficient (Wildman–Crippen LogP) is 24.4. The van der Waals surface area contributed by atoms with Gasteiger partial charge in [-0.2, -0.15) is 0 Å². The lowest BCUT2D eigenvalue weighted by molar-refractivity contribution is -0.161. The fraction of sp³-hybridized carbons (Fsp3) is 0.951. The van der Waals surface area contributed by atoms with Crippen molar-refractivity contribution >= 4 is 39.5 Å². The first kappa shape index (κ1) is 99.1. The summed E-state index contributed by atoms with van der Waals surface area (Å²) in [5.74, 6) is 1.03. The highest BCUT2D eigenvalue weighted by Crippen LogP contribution is 2.45. The van der Waals surface area contributed by atoms with Crippen LogP contribution in [0.5, 0.6) is 0 Å². The summed E-state index contributed by atoms with van der Waals surface area (Å²) in [6, 6.07) is 0. The smallest absolute Gasteiger partial charge is 0.462 e. The molecule has 0 bridgehead atoms. The molecule has 0 saturated carbocycles. The highest BCUT2D eigenvalue weighted by molar-refractivity contribution is 7.47. The molecule has 3 N–H and O–H groups in total. The Hall–Kier alpha value is -1.94. The molecule has 0 aromatic carbocycles. The first-order valence-electron chi connectivity index (χ1n) is 42.2. The second-order valence-corrected chi connectivity index (χ2v) is 34.1. The Morgan fingerprint density at radius 2 is 0.475 bits per heavy atom. The average molecular weight is 1480 g/mol. The summed E-state index contributed by atoms with van der Waals surface area (Å²) in [5, 5.41) is 10.7. The SMILES string of the molecule is CCC(C)CCCCCCCCCCC(=O)OC[C@H](COP(=O)(O)OC[C@H](O)COP(=O)(O)OC[C@@H](COC(=O)CCCCCCCCCCCCCCCC(C)C)OC(=O)CCCCCCCCCCCCCCCCCCC(C)C)OC(=O)CCCCCCCCCCCCCC(C)C. The van der Waals surface area contributed by atoms with E-state index in [2.05, 4.69) is 55.4 Å². The van der Waals surface area contributed by atoms with Gasteiger partial charge in [0.25, 0.3) is 0 Å². The maximum absolute atomic E-state index is 13.1. The molecule has 0 aliphatic rings. The van der Waals surface area contributed by atoms with Crippen LogP contribution in [0.25, 0.3) is 0 Å². The fourth-order valence-corrected chi connectivity index (χ4v) is 14.2. The van der Waals surface area contributed by atoms with Gasteiger partial charge >= 0.3 is 39.5 Å². The van der Waals surface area contributed by atoms with Gasteiger partial charge in [-0.05, 0) is 49.4 Å². The molecule has 0 rings (SSSR count). The number of aliphatic hydroxyl groups is 1. The number of esters is 4. The average Bonchev–Trinajstić information content (AvgIpc) is 0.934. The number of phosphoric acid groups is 2. The van der Waals surface area contributed by atoms with E-state index in [9.17, 15) is 43.2 Å². The maximum Gasteiger partial charge on any atom is 0.472 e. The molecular weight excluding hydrogens is 1320 g/mol. The molecule has 0 aromatic rings. The second-order valence-electron chi connectivity index (χ2n) is 31.2. The number of hydrogen-bond donors (Lipinski definition) is 3. The Kier molecular flexibility index (Phi) is 69.6. The number of rotatable bonds is 79. The fourth-order valence-electron chi connectivity index (χ4n) is 12.6. The van der Waals surface area contributed by atoms with Crippen molar-refractivity contribution in [1.29, 1.82) is 0 Å². The van der Waals surface area contributed by atoms with Crippen molar-refractivity contribution < 1.29 is 80.2 Å². The standard InChI is InChI=1S/C82H160O17P2/c1-9-75(8)61-53-45-37-32-33-39-47-55-63-80(85)93-69-78(99-82(87)65-57-49-41-31-25-19-22-28-36-44-52-60-74(6)7)71-97-101(90,91)95-67-76(83)66-94-100(88,89)96-70-77(68-92-79(84)62-54-46-38-29-23-18-14-16-21-27-35-43-51-59-73(4)5)98-81(86)64-56-48-40-30-24-17-13-11-10-12-15-20-26-34-42-50-58-72(2)3/h72-78,83H,9-71H2,1-8H3,(H,88,89)(H,90,91)/t75?,76-,77-,78-/m1/s1. The van der Waals surface area contributed by atoms with E-state index < -0.39 is 97.5 Å². The molecule has 6 atom stereocenters. The van der Waals surface area contributed by atoms with Gasteiger partial charge in [0.15, 0.2) is 12.2 Å². The maximum atomic E-state index is 13.1. The molecule has 0 spiro atoms. The Bertz CT molecular complexity index is 1970. The van der Waals surface area contributed by atoms with E-state index in [4.69, 9.17) is 37.0 Å². The number of aliphatic hydroxyl groups excluding tert-OH is 1. The Labute approximate surface area is 619 Å². The number of ether oxygens (including phenoxy) is 4. The monoisotopic (exact) mass is 1480 g/mol. The van der Waals surface area contributed by atoms with Gasteiger partial charge in [0.1, 0.15) is 19.3 Å². The van der Waals surface area contributed by atoms with Gasteiger partial charge in [-0.25, -0.2) is 9.13 Å². The number of hydrogen-bond acceptors (Lipinski definition) is 15. The molecule has 0 fully saturated rings. The van der Waals surface area contributed by atoms with Gasteiger partial charge in [0.05, 0.1) is 26.4 Å². The van der Waals surface area contributed by atoms with Crippen molar-refractivity contribution in [2.45, 2.75) is 440 Å². The van der Waals surface area contributed by atoms with Gasteiger partial charge in [0, 0.05) is 25.7 Å². The van der Waals surface area contributed by atoms with Crippen LogP contribution in [0.3, 0.4) is 0 Å². The summed E-state index contributed by atoms with van der Waals surface area (Å²) in [5.41, 5.74) is 0. The zero-order valence-corrected chi connectivity index (χ0v) is 68.3. The third-order valence-electron chi connectivity index (χ3n) is 19.4. The largest absolute Gasteiger partial charge is 0.472 e. The minimum absolute atomic E-state index is 0.106. The number of phosphoric ester groups is 2. The molecule has 600 valence electrons. The Balaban J connectivity index is 5.27. The highest BCUT2D eigenvalue weighted by Gasteiger charge is 2.30. The van der Waals surface area contributed by atoms with Crippen molar-refractivity contribution in [2.24, 2.45) is 23.7 Å². The normalized spacial score (nSPS) is 14.3. The molecule has 0 aliphatic carbocycles. The summed E-state index contributed by atoms with van der Waals surface area (Å²) < 4.78 is 68.8. The van der Waals surface area contributed by atoms with E-state index in [0.717, 1.165) is 114 Å². The van der Waals surface area contributed by atoms with Gasteiger partial charge in [-0.15, -0.1) is 0 Å². The Morgan fingerprint density at radius 3 is 0.703 bits per heavy atom. The summed E-state index contributed by atoms with van der Waals surface area (Å²) in [4.78, 5) is 73.1. The van der Waals surface area contributed by atoms with Crippen molar-refractivity contribution in [1.82, 2.24) is 0 Å². The summed E-state index contributed by atoms with van der Waals surface area (Å²) >= 11 is 0. The lowest BCUT2D eigenvalue weighted by Gasteiger charge is -2.21. The lowest BCUT2D eigenvalue weighted by Crippen LogP contribution is -2.30. The van der Waals surface area contributed by atoms with Crippen LogP contribution in [0.2, 0.25) is 0 Å². The van der Waals surface area contributed by atoms with Crippen molar-refractivity contribution in [3.8, 4) is 0 Å². The van der Waals surface area contributed by atoms with Crippen molar-refractivity contribution in [2.75, 3.05) is 39.6 Å². The molecule has 19 heteroatoms. The van der Waals surface area contributed by atoms with Crippen molar-refractivity contribution in [3.05, 3.63) is 0 Å². The summed E-state index contributed by atoms with van der Waals surface area (Å²) in [7, 11) is -9.92.